The van der Waals surface area contributed by atoms with E-state index in [-0.39, 0.29) is 22.8 Å². The number of amides is 1. The lowest BCUT2D eigenvalue weighted by molar-refractivity contribution is 0.0908. The third-order valence-electron chi connectivity index (χ3n) is 8.42. The Balaban J connectivity index is 1.23. The topological polar surface area (TPSA) is 45.5 Å². The lowest BCUT2D eigenvalue weighted by atomic mass is 9.62. The second-order valence-electron chi connectivity index (χ2n) is 12.2. The molecule has 0 saturated carbocycles. The van der Waals surface area contributed by atoms with Gasteiger partial charge in [0.25, 0.3) is 5.91 Å². The van der Waals surface area contributed by atoms with E-state index in [9.17, 15) is 4.79 Å². The first-order valence-corrected chi connectivity index (χ1v) is 13.4. The Bertz CT molecular complexity index is 1240. The Kier molecular flexibility index (Phi) is 6.59. The monoisotopic (exact) mass is 484 g/mol. The van der Waals surface area contributed by atoms with Gasteiger partial charge in [-0.25, -0.2) is 0 Å². The van der Waals surface area contributed by atoms with Gasteiger partial charge < -0.3 is 9.73 Å². The average molecular weight is 485 g/mol. The number of likely N-dealkylation sites (tertiary alicyclic amines) is 1. The van der Waals surface area contributed by atoms with Crippen molar-refractivity contribution in [2.24, 2.45) is 0 Å². The molecule has 1 saturated heterocycles. The van der Waals surface area contributed by atoms with E-state index in [2.05, 4.69) is 81.2 Å². The second kappa shape index (κ2) is 9.55. The molecule has 0 spiro atoms. The fourth-order valence-corrected chi connectivity index (χ4v) is 5.93. The third kappa shape index (κ3) is 5.15. The molecular formula is C32H40N2O2. The Labute approximate surface area is 216 Å². The summed E-state index contributed by atoms with van der Waals surface area (Å²) < 4.78 is 6.05. The van der Waals surface area contributed by atoms with Crippen molar-refractivity contribution in [1.82, 2.24) is 10.2 Å². The van der Waals surface area contributed by atoms with Crippen LogP contribution in [0.4, 0.5) is 0 Å². The molecule has 2 heterocycles. The summed E-state index contributed by atoms with van der Waals surface area (Å²) in [6.07, 6.45) is 4.09. The highest BCUT2D eigenvalue weighted by Crippen LogP contribution is 2.46. The van der Waals surface area contributed by atoms with Crippen LogP contribution in [-0.4, -0.2) is 29.9 Å². The largest absolute Gasteiger partial charge is 0.456 e. The van der Waals surface area contributed by atoms with Crippen LogP contribution in [0.5, 0.6) is 0 Å². The lowest BCUT2D eigenvalue weighted by Gasteiger charge is -2.42. The van der Waals surface area contributed by atoms with Gasteiger partial charge >= 0.3 is 0 Å². The normalized spacial score (nSPS) is 20.8. The first-order valence-electron chi connectivity index (χ1n) is 13.4. The van der Waals surface area contributed by atoms with Crippen molar-refractivity contribution in [3.8, 4) is 0 Å². The summed E-state index contributed by atoms with van der Waals surface area (Å²) in [4.78, 5) is 15.3. The third-order valence-corrected chi connectivity index (χ3v) is 8.42. The number of aryl methyl sites for hydroxylation is 1. The molecule has 0 radical (unpaired) electrons. The highest BCUT2D eigenvalue weighted by Gasteiger charge is 2.37. The summed E-state index contributed by atoms with van der Waals surface area (Å²) in [6.45, 7) is 14.4. The Hall–Kier alpha value is -2.85. The van der Waals surface area contributed by atoms with Gasteiger partial charge in [0.2, 0.25) is 0 Å². The molecule has 4 nitrogen and oxygen atoms in total. The predicted molar refractivity (Wildman–Crippen MR) is 146 cm³/mol. The quantitative estimate of drug-likeness (QED) is 0.432. The molecule has 3 aromatic rings. The van der Waals surface area contributed by atoms with Crippen LogP contribution in [0, 0.1) is 6.92 Å². The molecule has 2 aromatic carbocycles. The van der Waals surface area contributed by atoms with Crippen molar-refractivity contribution < 1.29 is 9.21 Å². The summed E-state index contributed by atoms with van der Waals surface area (Å²) in [5.41, 5.74) is 7.23. The summed E-state index contributed by atoms with van der Waals surface area (Å²) in [7, 11) is 0. The highest BCUT2D eigenvalue weighted by atomic mass is 16.3. The highest BCUT2D eigenvalue weighted by molar-refractivity contribution is 5.91. The van der Waals surface area contributed by atoms with Crippen LogP contribution in [0.15, 0.2) is 59.0 Å². The number of nitrogens with zero attached hydrogens (tertiary/aromatic N) is 1. The zero-order valence-corrected chi connectivity index (χ0v) is 22.5. The van der Waals surface area contributed by atoms with Crippen LogP contribution >= 0.6 is 0 Å². The Morgan fingerprint density at radius 1 is 1.00 bits per heavy atom. The first kappa shape index (κ1) is 24.8. The molecule has 1 amide bonds. The first-order chi connectivity index (χ1) is 17.1. The molecule has 2 aliphatic rings. The standard InChI is InChI=1S/C32H40N2O2/c1-22-17-27-28(32(4,5)15-14-31(27,2)3)19-24(22)18-26-11-12-29(36-26)30(35)33-25-13-16-34(21-25)20-23-9-7-6-8-10-23/h6-12,17,19,25H,13-16,18,20-21H2,1-5H3,(H,33,35). The zero-order chi connectivity index (χ0) is 25.5. The van der Waals surface area contributed by atoms with Crippen molar-refractivity contribution >= 4 is 5.91 Å². The fraction of sp³-hybridized carbons (Fsp3) is 0.469. The number of furan rings is 1. The van der Waals surface area contributed by atoms with Gasteiger partial charge in [-0.3, -0.25) is 9.69 Å². The van der Waals surface area contributed by atoms with Gasteiger partial charge in [0.15, 0.2) is 5.76 Å². The minimum absolute atomic E-state index is 0.113. The van der Waals surface area contributed by atoms with Crippen LogP contribution in [-0.2, 0) is 23.8 Å². The number of nitrogens with one attached hydrogen (secondary N) is 1. The number of hydrogen-bond acceptors (Lipinski definition) is 3. The van der Waals surface area contributed by atoms with Crippen LogP contribution in [0.25, 0.3) is 0 Å². The molecule has 1 aliphatic carbocycles. The van der Waals surface area contributed by atoms with Crippen molar-refractivity contribution in [1.29, 1.82) is 0 Å². The predicted octanol–water partition coefficient (Wildman–Crippen LogP) is 6.53. The van der Waals surface area contributed by atoms with Crippen molar-refractivity contribution in [3.05, 3.63) is 93.9 Å². The summed E-state index contributed by atoms with van der Waals surface area (Å²) in [6, 6.07) is 19.2. The number of carbonyl (C=O) groups is 1. The van der Waals surface area contributed by atoms with Gasteiger partial charge in [0.1, 0.15) is 5.76 Å². The van der Waals surface area contributed by atoms with Gasteiger partial charge in [0, 0.05) is 32.1 Å². The van der Waals surface area contributed by atoms with E-state index in [1.165, 1.54) is 40.7 Å². The molecule has 190 valence electrons. The Morgan fingerprint density at radius 3 is 2.42 bits per heavy atom. The average Bonchev–Trinajstić information content (AvgIpc) is 3.48. The number of hydrogen-bond donors (Lipinski definition) is 1. The number of benzene rings is 2. The maximum Gasteiger partial charge on any atom is 0.287 e. The van der Waals surface area contributed by atoms with Gasteiger partial charge in [-0.1, -0.05) is 70.2 Å². The molecule has 1 unspecified atom stereocenters. The van der Waals surface area contributed by atoms with Crippen LogP contribution in [0.2, 0.25) is 0 Å². The van der Waals surface area contributed by atoms with Crippen LogP contribution < -0.4 is 5.32 Å². The van der Waals surface area contributed by atoms with E-state index >= 15 is 0 Å². The Morgan fingerprint density at radius 2 is 1.69 bits per heavy atom. The maximum atomic E-state index is 12.9. The van der Waals surface area contributed by atoms with Gasteiger partial charge in [-0.05, 0) is 77.0 Å². The van der Waals surface area contributed by atoms with Gasteiger partial charge in [-0.15, -0.1) is 0 Å². The minimum atomic E-state index is -0.113. The smallest absolute Gasteiger partial charge is 0.287 e. The van der Waals surface area contributed by atoms with E-state index in [1.54, 1.807) is 0 Å². The SMILES string of the molecule is Cc1cc2c(cc1Cc1ccc(C(=O)NC3CCN(Cc4ccccc4)C3)o1)C(C)(C)CCC2(C)C. The van der Waals surface area contributed by atoms with Gasteiger partial charge in [0.05, 0.1) is 0 Å². The molecule has 36 heavy (non-hydrogen) atoms. The summed E-state index contributed by atoms with van der Waals surface area (Å²) in [5, 5.41) is 3.19. The van der Waals surface area contributed by atoms with Crippen LogP contribution in [0.1, 0.15) is 91.1 Å². The van der Waals surface area contributed by atoms with E-state index in [1.807, 2.05) is 18.2 Å². The van der Waals surface area contributed by atoms with E-state index < -0.39 is 0 Å². The van der Waals surface area contributed by atoms with Crippen molar-refractivity contribution in [2.75, 3.05) is 13.1 Å². The van der Waals surface area contributed by atoms with Crippen molar-refractivity contribution in [3.63, 3.8) is 0 Å². The fourth-order valence-electron chi connectivity index (χ4n) is 5.93. The number of carbonyl (C=O) groups excluding carboxylic acids is 1. The van der Waals surface area contributed by atoms with E-state index in [4.69, 9.17) is 4.42 Å². The lowest BCUT2D eigenvalue weighted by Crippen LogP contribution is -2.36. The molecule has 1 N–H and O–H groups in total. The maximum absolute atomic E-state index is 12.9. The number of rotatable bonds is 6. The molecule has 5 rings (SSSR count). The van der Waals surface area contributed by atoms with E-state index in [0.29, 0.717) is 12.2 Å². The zero-order valence-electron chi connectivity index (χ0n) is 22.5. The molecule has 1 aromatic heterocycles. The molecular weight excluding hydrogens is 444 g/mol. The summed E-state index contributed by atoms with van der Waals surface area (Å²) >= 11 is 0. The van der Waals surface area contributed by atoms with Crippen LogP contribution in [0.3, 0.4) is 0 Å². The second-order valence-corrected chi connectivity index (χ2v) is 12.2. The summed E-state index contributed by atoms with van der Waals surface area (Å²) in [5.74, 6) is 1.13. The van der Waals surface area contributed by atoms with Gasteiger partial charge in [-0.2, -0.15) is 0 Å². The van der Waals surface area contributed by atoms with Crippen molar-refractivity contribution in [2.45, 2.75) is 83.7 Å². The minimum Gasteiger partial charge on any atom is -0.456 e. The molecule has 1 fully saturated rings. The van der Waals surface area contributed by atoms with E-state index in [0.717, 1.165) is 31.8 Å². The molecule has 1 atom stereocenters. The molecule has 0 bridgehead atoms. The number of fused-ring (bicyclic) bond motifs is 1. The molecule has 4 heteroatoms. The molecule has 1 aliphatic heterocycles.